The third kappa shape index (κ3) is 2.82. The second-order valence-electron chi connectivity index (χ2n) is 3.20. The van der Waals surface area contributed by atoms with Gasteiger partial charge in [0.15, 0.2) is 0 Å². The predicted octanol–water partition coefficient (Wildman–Crippen LogP) is 3.24. The molecule has 0 aliphatic rings. The zero-order valence-electron chi connectivity index (χ0n) is 8.02. The zero-order valence-corrected chi connectivity index (χ0v) is 10.4. The summed E-state index contributed by atoms with van der Waals surface area (Å²) in [6.45, 7) is 2.01. The highest BCUT2D eigenvalue weighted by molar-refractivity contribution is 9.09. The molecule has 0 bridgehead atoms. The summed E-state index contributed by atoms with van der Waals surface area (Å²) >= 11 is 8.97. The zero-order chi connectivity index (χ0) is 10.6. The smallest absolute Gasteiger partial charge is 0.147 e. The lowest BCUT2D eigenvalue weighted by Gasteiger charge is -2.08. The Balaban J connectivity index is 2.98. The van der Waals surface area contributed by atoms with E-state index in [1.165, 1.54) is 0 Å². The SMILES string of the molecule is Cc1cccc(CCl)c1CC(=O)CBr. The molecular weight excluding hydrogens is 263 g/mol. The van der Waals surface area contributed by atoms with E-state index in [-0.39, 0.29) is 5.78 Å². The van der Waals surface area contributed by atoms with Gasteiger partial charge in [0.05, 0.1) is 5.33 Å². The molecule has 0 radical (unpaired) electrons. The van der Waals surface area contributed by atoms with Gasteiger partial charge in [-0.05, 0) is 23.6 Å². The molecule has 0 amide bonds. The van der Waals surface area contributed by atoms with Crippen LogP contribution in [-0.2, 0) is 17.1 Å². The molecule has 0 aliphatic heterocycles. The Labute approximate surface area is 97.6 Å². The van der Waals surface area contributed by atoms with Gasteiger partial charge < -0.3 is 0 Å². The van der Waals surface area contributed by atoms with Gasteiger partial charge in [-0.15, -0.1) is 11.6 Å². The van der Waals surface area contributed by atoms with Crippen LogP contribution < -0.4 is 0 Å². The quantitative estimate of drug-likeness (QED) is 0.771. The van der Waals surface area contributed by atoms with Gasteiger partial charge in [-0.1, -0.05) is 34.1 Å². The first kappa shape index (κ1) is 11.7. The van der Waals surface area contributed by atoms with Crippen molar-refractivity contribution >= 4 is 33.3 Å². The molecule has 0 aliphatic carbocycles. The summed E-state index contributed by atoms with van der Waals surface area (Å²) in [5, 5.41) is 0.406. The topological polar surface area (TPSA) is 17.1 Å². The van der Waals surface area contributed by atoms with Crippen LogP contribution in [0.25, 0.3) is 0 Å². The molecular formula is C11H12BrClO. The average molecular weight is 276 g/mol. The molecule has 0 aromatic heterocycles. The van der Waals surface area contributed by atoms with E-state index in [0.29, 0.717) is 17.6 Å². The van der Waals surface area contributed by atoms with Crippen LogP contribution in [0.1, 0.15) is 16.7 Å². The van der Waals surface area contributed by atoms with Crippen molar-refractivity contribution < 1.29 is 4.79 Å². The number of carbonyl (C=O) groups is 1. The van der Waals surface area contributed by atoms with Crippen LogP contribution in [0, 0.1) is 6.92 Å². The fraction of sp³-hybridized carbons (Fsp3) is 0.364. The van der Waals surface area contributed by atoms with E-state index in [1.807, 2.05) is 25.1 Å². The van der Waals surface area contributed by atoms with Crippen LogP contribution in [0.5, 0.6) is 0 Å². The number of Topliss-reactive ketones (excluding diaryl/α,β-unsaturated/α-hetero) is 1. The average Bonchev–Trinajstić information content (AvgIpc) is 2.20. The van der Waals surface area contributed by atoms with Crippen molar-refractivity contribution in [2.24, 2.45) is 0 Å². The second-order valence-corrected chi connectivity index (χ2v) is 4.02. The third-order valence-electron chi connectivity index (χ3n) is 2.17. The third-order valence-corrected chi connectivity index (χ3v) is 3.09. The molecule has 14 heavy (non-hydrogen) atoms. The van der Waals surface area contributed by atoms with Crippen molar-refractivity contribution in [2.75, 3.05) is 5.33 Å². The first-order valence-electron chi connectivity index (χ1n) is 4.40. The summed E-state index contributed by atoms with van der Waals surface area (Å²) < 4.78 is 0. The van der Waals surface area contributed by atoms with Gasteiger partial charge >= 0.3 is 0 Å². The van der Waals surface area contributed by atoms with Crippen molar-refractivity contribution in [1.29, 1.82) is 0 Å². The Bertz CT molecular complexity index is 336. The van der Waals surface area contributed by atoms with Crippen molar-refractivity contribution in [3.05, 3.63) is 34.9 Å². The highest BCUT2D eigenvalue weighted by Gasteiger charge is 2.08. The van der Waals surface area contributed by atoms with E-state index in [2.05, 4.69) is 15.9 Å². The van der Waals surface area contributed by atoms with Crippen molar-refractivity contribution in [3.8, 4) is 0 Å². The number of ketones is 1. The molecule has 1 aromatic rings. The molecule has 3 heteroatoms. The molecule has 1 aromatic carbocycles. The number of aryl methyl sites for hydroxylation is 1. The van der Waals surface area contributed by atoms with Crippen molar-refractivity contribution in [1.82, 2.24) is 0 Å². The minimum Gasteiger partial charge on any atom is -0.298 e. The lowest BCUT2D eigenvalue weighted by molar-refractivity contribution is -0.115. The fourth-order valence-corrected chi connectivity index (χ4v) is 1.83. The monoisotopic (exact) mass is 274 g/mol. The van der Waals surface area contributed by atoms with E-state index in [4.69, 9.17) is 11.6 Å². The van der Waals surface area contributed by atoms with Gasteiger partial charge in [0.2, 0.25) is 0 Å². The Morgan fingerprint density at radius 2 is 2.21 bits per heavy atom. The van der Waals surface area contributed by atoms with Crippen molar-refractivity contribution in [3.63, 3.8) is 0 Å². The molecule has 0 N–H and O–H groups in total. The number of hydrogen-bond donors (Lipinski definition) is 0. The Kier molecular flexibility index (Phi) is 4.63. The number of benzene rings is 1. The molecule has 76 valence electrons. The Hall–Kier alpha value is -0.340. The Morgan fingerprint density at radius 1 is 1.50 bits per heavy atom. The van der Waals surface area contributed by atoms with Crippen LogP contribution in [0.2, 0.25) is 0 Å². The van der Waals surface area contributed by atoms with E-state index in [0.717, 1.165) is 16.7 Å². The van der Waals surface area contributed by atoms with Gasteiger partial charge in [-0.3, -0.25) is 4.79 Å². The molecule has 0 fully saturated rings. The maximum atomic E-state index is 11.3. The van der Waals surface area contributed by atoms with Gasteiger partial charge in [0.1, 0.15) is 5.78 Å². The number of rotatable bonds is 4. The molecule has 0 saturated heterocycles. The minimum atomic E-state index is 0.186. The van der Waals surface area contributed by atoms with Crippen LogP contribution in [0.4, 0.5) is 0 Å². The standard InChI is InChI=1S/C11H12BrClO/c1-8-3-2-4-9(7-13)11(8)5-10(14)6-12/h2-4H,5-7H2,1H3. The maximum absolute atomic E-state index is 11.3. The summed E-state index contributed by atoms with van der Waals surface area (Å²) in [5.41, 5.74) is 3.27. The molecule has 1 rings (SSSR count). The molecule has 0 atom stereocenters. The van der Waals surface area contributed by atoms with Crippen LogP contribution in [0.15, 0.2) is 18.2 Å². The number of hydrogen-bond acceptors (Lipinski definition) is 1. The molecule has 0 spiro atoms. The Morgan fingerprint density at radius 3 is 2.79 bits per heavy atom. The van der Waals surface area contributed by atoms with E-state index in [9.17, 15) is 4.79 Å². The van der Waals surface area contributed by atoms with E-state index in [1.54, 1.807) is 0 Å². The van der Waals surface area contributed by atoms with Crippen LogP contribution in [-0.4, -0.2) is 11.1 Å². The number of halogens is 2. The van der Waals surface area contributed by atoms with Crippen LogP contribution >= 0.6 is 27.5 Å². The van der Waals surface area contributed by atoms with Crippen LogP contribution in [0.3, 0.4) is 0 Å². The highest BCUT2D eigenvalue weighted by Crippen LogP contribution is 2.17. The highest BCUT2D eigenvalue weighted by atomic mass is 79.9. The summed E-state index contributed by atoms with van der Waals surface area (Å²) in [6, 6.07) is 5.94. The summed E-state index contributed by atoms with van der Waals surface area (Å²) in [7, 11) is 0. The first-order valence-corrected chi connectivity index (χ1v) is 6.05. The fourth-order valence-electron chi connectivity index (χ4n) is 1.39. The maximum Gasteiger partial charge on any atom is 0.147 e. The lowest BCUT2D eigenvalue weighted by atomic mass is 9.98. The molecule has 0 unspecified atom stereocenters. The largest absolute Gasteiger partial charge is 0.298 e. The van der Waals surface area contributed by atoms with E-state index >= 15 is 0 Å². The lowest BCUT2D eigenvalue weighted by Crippen LogP contribution is -2.07. The van der Waals surface area contributed by atoms with E-state index < -0.39 is 0 Å². The summed E-state index contributed by atoms with van der Waals surface area (Å²) in [6.07, 6.45) is 0.472. The molecule has 0 saturated carbocycles. The van der Waals surface area contributed by atoms with Gasteiger partial charge in [-0.2, -0.15) is 0 Å². The van der Waals surface area contributed by atoms with Gasteiger partial charge in [0.25, 0.3) is 0 Å². The number of alkyl halides is 2. The minimum absolute atomic E-state index is 0.186. The predicted molar refractivity (Wildman–Crippen MR) is 63.2 cm³/mol. The van der Waals surface area contributed by atoms with Gasteiger partial charge in [-0.25, -0.2) is 0 Å². The summed E-state index contributed by atoms with van der Waals surface area (Å²) in [4.78, 5) is 11.3. The second kappa shape index (κ2) is 5.52. The number of carbonyl (C=O) groups excluding carboxylic acids is 1. The normalized spacial score (nSPS) is 10.2. The summed E-state index contributed by atoms with van der Waals surface area (Å²) in [5.74, 6) is 0.651. The molecule has 0 heterocycles. The van der Waals surface area contributed by atoms with Gasteiger partial charge in [0, 0.05) is 12.3 Å². The first-order chi connectivity index (χ1) is 6.69. The van der Waals surface area contributed by atoms with Crippen molar-refractivity contribution in [2.45, 2.75) is 19.2 Å². The molecule has 1 nitrogen and oxygen atoms in total.